The van der Waals surface area contributed by atoms with Gasteiger partial charge in [-0.1, -0.05) is 51.3 Å². The number of halogens is 2. The number of benzene rings is 2. The van der Waals surface area contributed by atoms with E-state index < -0.39 is 0 Å². The summed E-state index contributed by atoms with van der Waals surface area (Å²) in [7, 11) is 2.01. The summed E-state index contributed by atoms with van der Waals surface area (Å²) < 4.78 is 1.02. The fourth-order valence-corrected chi connectivity index (χ4v) is 3.79. The molecule has 0 bridgehead atoms. The first-order chi connectivity index (χ1) is 10.1. The van der Waals surface area contributed by atoms with Gasteiger partial charge in [0.15, 0.2) is 0 Å². The third-order valence-corrected chi connectivity index (χ3v) is 5.38. The van der Waals surface area contributed by atoms with Gasteiger partial charge in [0.1, 0.15) is 0 Å². The molecule has 0 aliphatic carbocycles. The minimum Gasteiger partial charge on any atom is -0.316 e. The molecule has 0 aromatic heterocycles. The average molecular weight is 385 g/mol. The first kappa shape index (κ1) is 16.9. The van der Waals surface area contributed by atoms with Crippen LogP contribution >= 0.6 is 39.3 Å². The maximum atomic E-state index is 6.30. The van der Waals surface area contributed by atoms with Crippen LogP contribution in [0.15, 0.2) is 51.8 Å². The van der Waals surface area contributed by atoms with Gasteiger partial charge >= 0.3 is 0 Å². The molecule has 2 aromatic carbocycles. The van der Waals surface area contributed by atoms with Gasteiger partial charge in [-0.25, -0.2) is 0 Å². The van der Waals surface area contributed by atoms with E-state index in [1.807, 2.05) is 30.9 Å². The number of rotatable bonds is 6. The van der Waals surface area contributed by atoms with E-state index in [2.05, 4.69) is 58.5 Å². The lowest BCUT2D eigenvalue weighted by atomic mass is 10.1. The van der Waals surface area contributed by atoms with Crippen LogP contribution in [0.2, 0.25) is 5.02 Å². The second kappa shape index (κ2) is 8.23. The van der Waals surface area contributed by atoms with E-state index in [1.165, 1.54) is 16.0 Å². The molecule has 2 rings (SSSR count). The van der Waals surface area contributed by atoms with Gasteiger partial charge in [0.25, 0.3) is 0 Å². The second-order valence-electron chi connectivity index (χ2n) is 5.05. The number of hydrogen-bond acceptors (Lipinski definition) is 2. The van der Waals surface area contributed by atoms with Gasteiger partial charge in [-0.05, 0) is 50.2 Å². The predicted octanol–water partition coefficient (Wildman–Crippen LogP) is 5.33. The molecule has 0 radical (unpaired) electrons. The highest BCUT2D eigenvalue weighted by Gasteiger charge is 2.11. The summed E-state index contributed by atoms with van der Waals surface area (Å²) in [5.74, 6) is 1.02. The zero-order valence-corrected chi connectivity index (χ0v) is 15.4. The molecule has 0 amide bonds. The molecular weight excluding hydrogens is 366 g/mol. The van der Waals surface area contributed by atoms with Crippen molar-refractivity contribution >= 4 is 39.3 Å². The Morgan fingerprint density at radius 2 is 1.90 bits per heavy atom. The number of aryl methyl sites for hydroxylation is 1. The smallest absolute Gasteiger partial charge is 0.0449 e. The highest BCUT2D eigenvalue weighted by molar-refractivity contribution is 9.10. The van der Waals surface area contributed by atoms with Crippen LogP contribution in [0, 0.1) is 6.92 Å². The molecule has 0 fully saturated rings. The van der Waals surface area contributed by atoms with E-state index >= 15 is 0 Å². The van der Waals surface area contributed by atoms with Gasteiger partial charge in [-0.15, -0.1) is 11.8 Å². The van der Waals surface area contributed by atoms with Gasteiger partial charge in [-0.3, -0.25) is 0 Å². The minimum absolute atomic E-state index is 0.398. The summed E-state index contributed by atoms with van der Waals surface area (Å²) in [6.07, 6.45) is 0.932. The standard InChI is InChI=1S/C17H19BrClNS/c1-12-3-7-16(8-4-12)21-11-15(20-2)9-13-5-6-14(18)10-17(13)19/h3-8,10,15,20H,9,11H2,1-2H3. The van der Waals surface area contributed by atoms with Crippen LogP contribution < -0.4 is 5.32 Å². The summed E-state index contributed by atoms with van der Waals surface area (Å²) >= 11 is 11.6. The largest absolute Gasteiger partial charge is 0.316 e. The molecule has 21 heavy (non-hydrogen) atoms. The molecular formula is C17H19BrClNS. The van der Waals surface area contributed by atoms with E-state index in [0.717, 1.165) is 21.7 Å². The molecule has 112 valence electrons. The maximum absolute atomic E-state index is 6.30. The Morgan fingerprint density at radius 1 is 1.19 bits per heavy atom. The maximum Gasteiger partial charge on any atom is 0.0449 e. The summed E-state index contributed by atoms with van der Waals surface area (Å²) in [5.41, 5.74) is 2.48. The lowest BCUT2D eigenvalue weighted by molar-refractivity contribution is 0.617. The van der Waals surface area contributed by atoms with Crippen molar-refractivity contribution in [2.24, 2.45) is 0 Å². The Hall–Kier alpha value is -0.480. The zero-order valence-electron chi connectivity index (χ0n) is 12.2. The molecule has 0 spiro atoms. The SMILES string of the molecule is CNC(CSc1ccc(C)cc1)Cc1ccc(Br)cc1Cl. The first-order valence-corrected chi connectivity index (χ1v) is 9.05. The third kappa shape index (κ3) is 5.33. The lowest BCUT2D eigenvalue weighted by Gasteiger charge is -2.17. The predicted molar refractivity (Wildman–Crippen MR) is 97.6 cm³/mol. The highest BCUT2D eigenvalue weighted by atomic mass is 79.9. The minimum atomic E-state index is 0.398. The van der Waals surface area contributed by atoms with Crippen molar-refractivity contribution in [3.63, 3.8) is 0 Å². The molecule has 0 aliphatic heterocycles. The van der Waals surface area contributed by atoms with Crippen molar-refractivity contribution in [2.45, 2.75) is 24.3 Å². The van der Waals surface area contributed by atoms with E-state index in [0.29, 0.717) is 6.04 Å². The Bertz CT molecular complexity index is 586. The Morgan fingerprint density at radius 3 is 2.52 bits per heavy atom. The van der Waals surface area contributed by atoms with Crippen LogP contribution in [0.25, 0.3) is 0 Å². The first-order valence-electron chi connectivity index (χ1n) is 6.89. The van der Waals surface area contributed by atoms with Crippen molar-refractivity contribution < 1.29 is 0 Å². The lowest BCUT2D eigenvalue weighted by Crippen LogP contribution is -2.30. The fourth-order valence-electron chi connectivity index (χ4n) is 2.03. The Labute approximate surface area is 144 Å². The van der Waals surface area contributed by atoms with Gasteiger partial charge in [0.2, 0.25) is 0 Å². The molecule has 1 unspecified atom stereocenters. The molecule has 0 saturated carbocycles. The number of nitrogens with one attached hydrogen (secondary N) is 1. The second-order valence-corrected chi connectivity index (χ2v) is 7.47. The van der Waals surface area contributed by atoms with Crippen molar-refractivity contribution in [1.29, 1.82) is 0 Å². The summed E-state index contributed by atoms with van der Waals surface area (Å²) in [6.45, 7) is 2.11. The molecule has 2 aromatic rings. The van der Waals surface area contributed by atoms with Crippen molar-refractivity contribution in [2.75, 3.05) is 12.8 Å². The summed E-state index contributed by atoms with van der Waals surface area (Å²) in [5, 5.41) is 4.21. The molecule has 0 aliphatic rings. The van der Waals surface area contributed by atoms with Crippen LogP contribution in [0.3, 0.4) is 0 Å². The molecule has 1 N–H and O–H groups in total. The van der Waals surface area contributed by atoms with Crippen LogP contribution in [0.5, 0.6) is 0 Å². The summed E-state index contributed by atoms with van der Waals surface area (Å²) in [6, 6.07) is 15.2. The summed E-state index contributed by atoms with van der Waals surface area (Å²) in [4.78, 5) is 1.31. The van der Waals surface area contributed by atoms with Crippen LogP contribution in [-0.4, -0.2) is 18.8 Å². The monoisotopic (exact) mass is 383 g/mol. The van der Waals surface area contributed by atoms with Crippen LogP contribution in [-0.2, 0) is 6.42 Å². The average Bonchev–Trinajstić information content (AvgIpc) is 2.47. The highest BCUT2D eigenvalue weighted by Crippen LogP contribution is 2.24. The topological polar surface area (TPSA) is 12.0 Å². The Balaban J connectivity index is 1.95. The van der Waals surface area contributed by atoms with Gasteiger partial charge < -0.3 is 5.32 Å². The normalized spacial score (nSPS) is 12.4. The van der Waals surface area contributed by atoms with Gasteiger partial charge in [0, 0.05) is 26.2 Å². The van der Waals surface area contributed by atoms with E-state index in [4.69, 9.17) is 11.6 Å². The van der Waals surface area contributed by atoms with Gasteiger partial charge in [-0.2, -0.15) is 0 Å². The van der Waals surface area contributed by atoms with E-state index in [-0.39, 0.29) is 0 Å². The van der Waals surface area contributed by atoms with Crippen molar-refractivity contribution in [1.82, 2.24) is 5.32 Å². The molecule has 0 heterocycles. The van der Waals surface area contributed by atoms with E-state index in [1.54, 1.807) is 0 Å². The third-order valence-electron chi connectivity index (χ3n) is 3.36. The van der Waals surface area contributed by atoms with Gasteiger partial charge in [0.05, 0.1) is 0 Å². The van der Waals surface area contributed by atoms with Crippen LogP contribution in [0.1, 0.15) is 11.1 Å². The zero-order chi connectivity index (χ0) is 15.2. The number of thioether (sulfide) groups is 1. The molecule has 1 atom stereocenters. The molecule has 4 heteroatoms. The fraction of sp³-hybridized carbons (Fsp3) is 0.294. The molecule has 0 saturated heterocycles. The van der Waals surface area contributed by atoms with E-state index in [9.17, 15) is 0 Å². The Kier molecular flexibility index (Phi) is 6.62. The van der Waals surface area contributed by atoms with Crippen molar-refractivity contribution in [3.05, 3.63) is 63.1 Å². The van der Waals surface area contributed by atoms with Crippen LogP contribution in [0.4, 0.5) is 0 Å². The molecule has 1 nitrogen and oxygen atoms in total. The quantitative estimate of drug-likeness (QED) is 0.675. The number of likely N-dealkylation sites (N-methyl/N-ethyl adjacent to an activating group) is 1. The van der Waals surface area contributed by atoms with Crippen molar-refractivity contribution in [3.8, 4) is 0 Å². The number of hydrogen-bond donors (Lipinski definition) is 1.